The van der Waals surface area contributed by atoms with E-state index in [0.29, 0.717) is 23.0 Å². The molecule has 0 unspecified atom stereocenters. The molecule has 0 saturated heterocycles. The number of nitrogens with zero attached hydrogens (tertiary/aromatic N) is 3. The van der Waals surface area contributed by atoms with Crippen LogP contribution in [0.3, 0.4) is 0 Å². The summed E-state index contributed by atoms with van der Waals surface area (Å²) in [6.45, 7) is 2.63. The molecule has 4 nitrogen and oxygen atoms in total. The lowest BCUT2D eigenvalue weighted by Gasteiger charge is -2.05. The van der Waals surface area contributed by atoms with Crippen molar-refractivity contribution in [3.8, 4) is 6.07 Å². The molecular formula is C13H14N4S. The summed E-state index contributed by atoms with van der Waals surface area (Å²) in [6.07, 6.45) is 1.89. The van der Waals surface area contributed by atoms with Gasteiger partial charge in [0.1, 0.15) is 22.5 Å². The molecule has 2 N–H and O–H groups in total. The smallest absolute Gasteiger partial charge is 0.141 e. The molecule has 0 saturated carbocycles. The van der Waals surface area contributed by atoms with Crippen LogP contribution in [-0.2, 0) is 6.54 Å². The molecule has 0 aliphatic rings. The maximum Gasteiger partial charge on any atom is 0.141 e. The topological polar surface area (TPSA) is 67.6 Å². The molecule has 1 aromatic heterocycles. The Morgan fingerprint density at radius 3 is 2.83 bits per heavy atom. The van der Waals surface area contributed by atoms with Gasteiger partial charge in [-0.2, -0.15) is 10.4 Å². The van der Waals surface area contributed by atoms with E-state index < -0.39 is 0 Å². The summed E-state index contributed by atoms with van der Waals surface area (Å²) in [5.41, 5.74) is 8.73. The van der Waals surface area contributed by atoms with Gasteiger partial charge in [0.2, 0.25) is 0 Å². The largest absolute Gasteiger partial charge is 0.383 e. The monoisotopic (exact) mass is 258 g/mol. The third kappa shape index (κ3) is 2.34. The van der Waals surface area contributed by atoms with E-state index in [4.69, 9.17) is 11.0 Å². The molecule has 1 heterocycles. The predicted octanol–water partition coefficient (Wildman–Crippen LogP) is 2.42. The van der Waals surface area contributed by atoms with Crippen LogP contribution < -0.4 is 5.73 Å². The normalized spacial score (nSPS) is 10.3. The average molecular weight is 258 g/mol. The van der Waals surface area contributed by atoms with Gasteiger partial charge in [-0.1, -0.05) is 29.8 Å². The highest BCUT2D eigenvalue weighted by Gasteiger charge is 2.14. The average Bonchev–Trinajstić information content (AvgIpc) is 2.66. The first-order chi connectivity index (χ1) is 8.65. The number of benzene rings is 1. The number of rotatable bonds is 3. The van der Waals surface area contributed by atoms with Crippen LogP contribution in [0.5, 0.6) is 0 Å². The molecule has 2 rings (SSSR count). The molecular weight excluding hydrogens is 244 g/mol. The first-order valence-corrected chi connectivity index (χ1v) is 6.74. The Balaban J connectivity index is 2.36. The third-order valence-electron chi connectivity index (χ3n) is 2.68. The maximum atomic E-state index is 9.06. The lowest BCUT2D eigenvalue weighted by Crippen LogP contribution is -2.06. The van der Waals surface area contributed by atoms with E-state index in [9.17, 15) is 0 Å². The predicted molar refractivity (Wildman–Crippen MR) is 73.4 cm³/mol. The highest BCUT2D eigenvalue weighted by atomic mass is 32.2. The summed E-state index contributed by atoms with van der Waals surface area (Å²) in [4.78, 5) is 0. The lowest BCUT2D eigenvalue weighted by molar-refractivity contribution is 0.675. The molecule has 0 bridgehead atoms. The zero-order valence-electron chi connectivity index (χ0n) is 10.3. The van der Waals surface area contributed by atoms with Crippen LogP contribution in [0.4, 0.5) is 5.82 Å². The molecule has 0 fully saturated rings. The Bertz CT molecular complexity index is 610. The van der Waals surface area contributed by atoms with Crippen molar-refractivity contribution >= 4 is 17.6 Å². The fourth-order valence-corrected chi connectivity index (χ4v) is 2.34. The number of nitriles is 1. The van der Waals surface area contributed by atoms with Crippen molar-refractivity contribution in [2.45, 2.75) is 18.5 Å². The Hall–Kier alpha value is -1.93. The van der Waals surface area contributed by atoms with Crippen molar-refractivity contribution in [3.63, 3.8) is 0 Å². The summed E-state index contributed by atoms with van der Waals surface area (Å²) in [6, 6.07) is 10.3. The first kappa shape index (κ1) is 12.5. The van der Waals surface area contributed by atoms with Crippen LogP contribution in [0.1, 0.15) is 16.7 Å². The number of aryl methyl sites for hydroxylation is 1. The first-order valence-electron chi connectivity index (χ1n) is 5.51. The Kier molecular flexibility index (Phi) is 3.58. The molecule has 0 atom stereocenters. The SMILES string of the molecule is CSc1nn(Cc2cccc(C)c2)c(N)c1C#N. The van der Waals surface area contributed by atoms with E-state index in [-0.39, 0.29) is 0 Å². The highest BCUT2D eigenvalue weighted by Crippen LogP contribution is 2.24. The van der Waals surface area contributed by atoms with E-state index in [2.05, 4.69) is 17.2 Å². The molecule has 0 aliphatic carbocycles. The van der Waals surface area contributed by atoms with Gasteiger partial charge in [-0.25, -0.2) is 4.68 Å². The van der Waals surface area contributed by atoms with Gasteiger partial charge < -0.3 is 5.73 Å². The van der Waals surface area contributed by atoms with Gasteiger partial charge in [0, 0.05) is 0 Å². The van der Waals surface area contributed by atoms with Crippen molar-refractivity contribution < 1.29 is 0 Å². The molecule has 2 aromatic rings. The molecule has 18 heavy (non-hydrogen) atoms. The molecule has 0 amide bonds. The summed E-state index contributed by atoms with van der Waals surface area (Å²) < 4.78 is 1.68. The quantitative estimate of drug-likeness (QED) is 0.858. The van der Waals surface area contributed by atoms with Crippen LogP contribution >= 0.6 is 11.8 Å². The van der Waals surface area contributed by atoms with E-state index in [0.717, 1.165) is 5.56 Å². The van der Waals surface area contributed by atoms with Crippen LogP contribution in [0.15, 0.2) is 29.3 Å². The van der Waals surface area contributed by atoms with E-state index in [1.54, 1.807) is 4.68 Å². The van der Waals surface area contributed by atoms with Crippen molar-refractivity contribution in [2.24, 2.45) is 0 Å². The second kappa shape index (κ2) is 5.15. The zero-order chi connectivity index (χ0) is 13.1. The number of anilines is 1. The Morgan fingerprint density at radius 2 is 2.28 bits per heavy atom. The van der Waals surface area contributed by atoms with Crippen LogP contribution in [0.25, 0.3) is 0 Å². The number of aromatic nitrogens is 2. The van der Waals surface area contributed by atoms with E-state index in [1.807, 2.05) is 31.4 Å². The van der Waals surface area contributed by atoms with Crippen molar-refractivity contribution in [1.82, 2.24) is 9.78 Å². The number of thioether (sulfide) groups is 1. The van der Waals surface area contributed by atoms with E-state index >= 15 is 0 Å². The fourth-order valence-electron chi connectivity index (χ4n) is 1.80. The standard InChI is InChI=1S/C13H14N4S/c1-9-4-3-5-10(6-9)8-17-12(15)11(7-14)13(16-17)18-2/h3-6H,8,15H2,1-2H3. The second-order valence-electron chi connectivity index (χ2n) is 4.03. The molecule has 5 heteroatoms. The summed E-state index contributed by atoms with van der Waals surface area (Å²) in [5.74, 6) is 0.434. The van der Waals surface area contributed by atoms with Crippen LogP contribution in [0.2, 0.25) is 0 Å². The van der Waals surface area contributed by atoms with Crippen molar-refractivity contribution in [1.29, 1.82) is 5.26 Å². The van der Waals surface area contributed by atoms with Gasteiger partial charge in [0.05, 0.1) is 6.54 Å². The minimum atomic E-state index is 0.434. The Morgan fingerprint density at radius 1 is 1.50 bits per heavy atom. The second-order valence-corrected chi connectivity index (χ2v) is 4.82. The van der Waals surface area contributed by atoms with Crippen LogP contribution in [0, 0.1) is 18.3 Å². The molecule has 0 radical (unpaired) electrons. The summed E-state index contributed by atoms with van der Waals surface area (Å²) in [5, 5.41) is 14.1. The molecule has 1 aromatic carbocycles. The van der Waals surface area contributed by atoms with Gasteiger partial charge >= 0.3 is 0 Å². The molecule has 0 aliphatic heterocycles. The number of hydrogen-bond acceptors (Lipinski definition) is 4. The van der Waals surface area contributed by atoms with E-state index in [1.165, 1.54) is 17.3 Å². The van der Waals surface area contributed by atoms with Gasteiger partial charge in [0.15, 0.2) is 0 Å². The van der Waals surface area contributed by atoms with Gasteiger partial charge in [-0.3, -0.25) is 0 Å². The maximum absolute atomic E-state index is 9.06. The van der Waals surface area contributed by atoms with Crippen molar-refractivity contribution in [3.05, 3.63) is 41.0 Å². The van der Waals surface area contributed by atoms with Gasteiger partial charge in [0.25, 0.3) is 0 Å². The minimum absolute atomic E-state index is 0.434. The summed E-state index contributed by atoms with van der Waals surface area (Å²) >= 11 is 1.43. The lowest BCUT2D eigenvalue weighted by atomic mass is 10.1. The zero-order valence-corrected chi connectivity index (χ0v) is 11.2. The summed E-state index contributed by atoms with van der Waals surface area (Å²) in [7, 11) is 0. The highest BCUT2D eigenvalue weighted by molar-refractivity contribution is 7.98. The minimum Gasteiger partial charge on any atom is -0.383 e. The number of nitrogen functional groups attached to an aromatic ring is 1. The van der Waals surface area contributed by atoms with Crippen LogP contribution in [-0.4, -0.2) is 16.0 Å². The number of hydrogen-bond donors (Lipinski definition) is 1. The van der Waals surface area contributed by atoms with Gasteiger partial charge in [-0.15, -0.1) is 11.8 Å². The fraction of sp³-hybridized carbons (Fsp3) is 0.231. The third-order valence-corrected chi connectivity index (χ3v) is 3.35. The van der Waals surface area contributed by atoms with Crippen molar-refractivity contribution in [2.75, 3.05) is 12.0 Å². The van der Waals surface area contributed by atoms with Gasteiger partial charge in [-0.05, 0) is 18.7 Å². The Labute approximate surface area is 110 Å². The number of nitrogens with two attached hydrogens (primary N) is 1. The molecule has 92 valence electrons. The molecule has 0 spiro atoms.